The lowest BCUT2D eigenvalue weighted by atomic mass is 9.81. The zero-order chi connectivity index (χ0) is 14.6. The van der Waals surface area contributed by atoms with Gasteiger partial charge in [0.2, 0.25) is 0 Å². The van der Waals surface area contributed by atoms with Crippen LogP contribution in [0.5, 0.6) is 0 Å². The molecule has 1 aliphatic carbocycles. The largest absolute Gasteiger partial charge is 0.0587 e. The molecular formula is C21H20. The number of rotatable bonds is 0. The fraction of sp³-hybridized carbons (Fsp3) is 0.238. The molecular weight excluding hydrogens is 252 g/mol. The molecule has 1 aliphatic rings. The van der Waals surface area contributed by atoms with Gasteiger partial charge >= 0.3 is 0 Å². The highest BCUT2D eigenvalue weighted by molar-refractivity contribution is 5.93. The van der Waals surface area contributed by atoms with Gasteiger partial charge in [0, 0.05) is 0 Å². The molecule has 0 saturated heterocycles. The molecule has 0 heteroatoms. The summed E-state index contributed by atoms with van der Waals surface area (Å²) in [5.74, 6) is 0. The van der Waals surface area contributed by atoms with Crippen LogP contribution in [0.15, 0.2) is 42.5 Å². The summed E-state index contributed by atoms with van der Waals surface area (Å²) in [5.41, 5.74) is 10.1. The standard InChI is InChI=1S/C21H20/c1-13-5-8-19-16(10-13)7-9-18-15(3)20-11-14(2)4-6-17(20)12-21(18)19/h4-6,8,10-12H,7,9H2,1-3H3. The topological polar surface area (TPSA) is 0 Å². The predicted octanol–water partition coefficient (Wildman–Crippen LogP) is 5.53. The Labute approximate surface area is 126 Å². The van der Waals surface area contributed by atoms with Crippen molar-refractivity contribution in [2.24, 2.45) is 0 Å². The summed E-state index contributed by atoms with van der Waals surface area (Å²) in [6, 6.07) is 16.1. The monoisotopic (exact) mass is 272 g/mol. The second-order valence-corrected chi connectivity index (χ2v) is 6.41. The van der Waals surface area contributed by atoms with E-state index in [1.807, 2.05) is 0 Å². The highest BCUT2D eigenvalue weighted by Crippen LogP contribution is 2.39. The average Bonchev–Trinajstić information content (AvgIpc) is 2.47. The van der Waals surface area contributed by atoms with Crippen molar-refractivity contribution in [2.75, 3.05) is 0 Å². The first-order chi connectivity index (χ1) is 10.1. The first kappa shape index (κ1) is 12.6. The first-order valence-electron chi connectivity index (χ1n) is 7.76. The highest BCUT2D eigenvalue weighted by Gasteiger charge is 2.19. The quantitative estimate of drug-likeness (QED) is 0.504. The normalized spacial score (nSPS) is 13.1. The molecule has 0 amide bonds. The smallest absolute Gasteiger partial charge is 0.0140 e. The SMILES string of the molecule is Cc1ccc2c(c1)CCc1c-2cc2ccc(C)cc2c1C. The van der Waals surface area contributed by atoms with Crippen LogP contribution in [0.25, 0.3) is 21.9 Å². The maximum atomic E-state index is 2.39. The molecule has 0 unspecified atom stereocenters. The fourth-order valence-corrected chi connectivity index (χ4v) is 3.74. The lowest BCUT2D eigenvalue weighted by Crippen LogP contribution is -2.06. The molecule has 0 nitrogen and oxygen atoms in total. The van der Waals surface area contributed by atoms with Crippen molar-refractivity contribution in [2.45, 2.75) is 33.6 Å². The van der Waals surface area contributed by atoms with Crippen molar-refractivity contribution < 1.29 is 0 Å². The molecule has 3 aromatic carbocycles. The Hall–Kier alpha value is -2.08. The van der Waals surface area contributed by atoms with E-state index in [1.54, 1.807) is 5.56 Å². The highest BCUT2D eigenvalue weighted by atomic mass is 14.2. The summed E-state index contributed by atoms with van der Waals surface area (Å²) in [6.45, 7) is 6.65. The first-order valence-corrected chi connectivity index (χ1v) is 7.76. The molecule has 4 rings (SSSR count). The van der Waals surface area contributed by atoms with E-state index >= 15 is 0 Å². The van der Waals surface area contributed by atoms with Crippen LogP contribution >= 0.6 is 0 Å². The van der Waals surface area contributed by atoms with Gasteiger partial charge < -0.3 is 0 Å². The second-order valence-electron chi connectivity index (χ2n) is 6.41. The molecule has 3 aromatic rings. The number of hydrogen-bond donors (Lipinski definition) is 0. The van der Waals surface area contributed by atoms with Gasteiger partial charge in [-0.25, -0.2) is 0 Å². The second kappa shape index (κ2) is 4.46. The Kier molecular flexibility index (Phi) is 2.68. The van der Waals surface area contributed by atoms with Crippen LogP contribution in [0.3, 0.4) is 0 Å². The molecule has 0 fully saturated rings. The molecule has 0 N–H and O–H groups in total. The van der Waals surface area contributed by atoms with Crippen LogP contribution in [0.1, 0.15) is 27.8 Å². The summed E-state index contributed by atoms with van der Waals surface area (Å²) in [7, 11) is 0. The van der Waals surface area contributed by atoms with Crippen LogP contribution in [0.2, 0.25) is 0 Å². The lowest BCUT2D eigenvalue weighted by Gasteiger charge is -2.23. The van der Waals surface area contributed by atoms with Gasteiger partial charge in [-0.2, -0.15) is 0 Å². The molecule has 0 saturated carbocycles. The summed E-state index contributed by atoms with van der Waals surface area (Å²) in [5, 5.41) is 2.79. The van der Waals surface area contributed by atoms with Crippen LogP contribution in [-0.4, -0.2) is 0 Å². The molecule has 0 heterocycles. The molecule has 0 bridgehead atoms. The lowest BCUT2D eigenvalue weighted by molar-refractivity contribution is 0.932. The van der Waals surface area contributed by atoms with Gasteiger partial charge in [0.15, 0.2) is 0 Å². The van der Waals surface area contributed by atoms with Crippen molar-refractivity contribution in [3.05, 3.63) is 70.3 Å². The molecule has 104 valence electrons. The maximum absolute atomic E-state index is 2.39. The van der Waals surface area contributed by atoms with Crippen LogP contribution in [-0.2, 0) is 12.8 Å². The number of benzene rings is 3. The van der Waals surface area contributed by atoms with Crippen LogP contribution in [0.4, 0.5) is 0 Å². The summed E-state index contributed by atoms with van der Waals surface area (Å²) in [4.78, 5) is 0. The maximum Gasteiger partial charge on any atom is -0.0140 e. The fourth-order valence-electron chi connectivity index (χ4n) is 3.74. The minimum absolute atomic E-state index is 1.17. The van der Waals surface area contributed by atoms with E-state index in [4.69, 9.17) is 0 Å². The third-order valence-electron chi connectivity index (χ3n) is 4.89. The molecule has 0 aromatic heterocycles. The minimum atomic E-state index is 1.17. The van der Waals surface area contributed by atoms with E-state index in [2.05, 4.69) is 63.2 Å². The number of hydrogen-bond acceptors (Lipinski definition) is 0. The Bertz CT molecular complexity index is 869. The Morgan fingerprint density at radius 2 is 1.48 bits per heavy atom. The summed E-state index contributed by atoms with van der Waals surface area (Å²) >= 11 is 0. The van der Waals surface area contributed by atoms with Gasteiger partial charge in [0.25, 0.3) is 0 Å². The number of aryl methyl sites for hydroxylation is 4. The summed E-state index contributed by atoms with van der Waals surface area (Å²) in [6.07, 6.45) is 2.34. The Morgan fingerprint density at radius 1 is 0.714 bits per heavy atom. The zero-order valence-corrected chi connectivity index (χ0v) is 13.0. The molecule has 0 spiro atoms. The number of fused-ring (bicyclic) bond motifs is 4. The third kappa shape index (κ3) is 1.90. The molecule has 0 radical (unpaired) electrons. The van der Waals surface area contributed by atoms with Crippen molar-refractivity contribution in [3.63, 3.8) is 0 Å². The summed E-state index contributed by atoms with van der Waals surface area (Å²) < 4.78 is 0. The van der Waals surface area contributed by atoms with E-state index in [-0.39, 0.29) is 0 Å². The minimum Gasteiger partial charge on any atom is -0.0587 e. The van der Waals surface area contributed by atoms with Crippen molar-refractivity contribution in [1.29, 1.82) is 0 Å². The molecule has 0 aliphatic heterocycles. The predicted molar refractivity (Wildman–Crippen MR) is 91.0 cm³/mol. The van der Waals surface area contributed by atoms with E-state index < -0.39 is 0 Å². The van der Waals surface area contributed by atoms with Gasteiger partial charge in [-0.3, -0.25) is 0 Å². The molecule has 21 heavy (non-hydrogen) atoms. The van der Waals surface area contributed by atoms with Crippen molar-refractivity contribution in [3.8, 4) is 11.1 Å². The van der Waals surface area contributed by atoms with Gasteiger partial charge in [-0.15, -0.1) is 0 Å². The van der Waals surface area contributed by atoms with Crippen LogP contribution in [0, 0.1) is 20.8 Å². The zero-order valence-electron chi connectivity index (χ0n) is 13.0. The van der Waals surface area contributed by atoms with E-state index in [1.165, 1.54) is 57.0 Å². The van der Waals surface area contributed by atoms with Gasteiger partial charge in [0.1, 0.15) is 0 Å². The molecule has 0 atom stereocenters. The van der Waals surface area contributed by atoms with Crippen LogP contribution < -0.4 is 0 Å². The third-order valence-corrected chi connectivity index (χ3v) is 4.89. The Balaban J connectivity index is 2.06. The van der Waals surface area contributed by atoms with E-state index in [0.717, 1.165) is 0 Å². The van der Waals surface area contributed by atoms with E-state index in [9.17, 15) is 0 Å². The van der Waals surface area contributed by atoms with Gasteiger partial charge in [0.05, 0.1) is 0 Å². The van der Waals surface area contributed by atoms with E-state index in [0.29, 0.717) is 0 Å². The van der Waals surface area contributed by atoms with Gasteiger partial charge in [-0.05, 0) is 78.3 Å². The van der Waals surface area contributed by atoms with Gasteiger partial charge in [-0.1, -0.05) is 47.5 Å². The average molecular weight is 272 g/mol. The van der Waals surface area contributed by atoms with Crippen molar-refractivity contribution >= 4 is 10.8 Å². The Morgan fingerprint density at radius 3 is 2.33 bits per heavy atom. The van der Waals surface area contributed by atoms with Crippen molar-refractivity contribution in [1.82, 2.24) is 0 Å².